The third-order valence-electron chi connectivity index (χ3n) is 3.70. The van der Waals surface area contributed by atoms with Crippen LogP contribution >= 0.6 is 0 Å². The number of aliphatic hydroxyl groups excluding tert-OH is 2. The van der Waals surface area contributed by atoms with Crippen LogP contribution in [0.4, 0.5) is 11.6 Å². The smallest absolute Gasteiger partial charge is 0.157 e. The molecule has 0 radical (unpaired) electrons. The molecule has 2 atom stereocenters. The largest absolute Gasteiger partial charge is 0.396 e. The van der Waals surface area contributed by atoms with Crippen LogP contribution in [0.25, 0.3) is 0 Å². The minimum absolute atomic E-state index is 0.00318. The zero-order chi connectivity index (χ0) is 14.8. The number of anilines is 1. The van der Waals surface area contributed by atoms with Crippen molar-refractivity contribution in [3.63, 3.8) is 0 Å². The molecule has 0 bridgehead atoms. The van der Waals surface area contributed by atoms with Gasteiger partial charge in [-0.15, -0.1) is 0 Å². The van der Waals surface area contributed by atoms with Gasteiger partial charge in [-0.2, -0.15) is 0 Å². The van der Waals surface area contributed by atoms with Crippen molar-refractivity contribution in [3.05, 3.63) is 47.5 Å². The molecule has 21 heavy (non-hydrogen) atoms. The lowest BCUT2D eigenvalue weighted by molar-refractivity contribution is 0.0464. The molecule has 1 aromatic carbocycles. The molecule has 0 aliphatic carbocycles. The molecule has 3 rings (SSSR count). The minimum atomic E-state index is -0.816. The van der Waals surface area contributed by atoms with Crippen molar-refractivity contribution >= 4 is 18.0 Å². The first-order valence-corrected chi connectivity index (χ1v) is 6.81. The lowest BCUT2D eigenvalue weighted by Crippen LogP contribution is -2.34. The van der Waals surface area contributed by atoms with Crippen LogP contribution in [-0.2, 0) is 0 Å². The summed E-state index contributed by atoms with van der Waals surface area (Å²) in [4.78, 5) is 8.84. The normalized spacial score (nSPS) is 18.6. The predicted molar refractivity (Wildman–Crippen MR) is 81.3 cm³/mol. The molecule has 0 amide bonds. The number of nitrogens with two attached hydrogens (primary N) is 1. The lowest BCUT2D eigenvalue weighted by Gasteiger charge is -2.31. The van der Waals surface area contributed by atoms with Crippen LogP contribution in [0, 0.1) is 0 Å². The van der Waals surface area contributed by atoms with E-state index >= 15 is 0 Å². The van der Waals surface area contributed by atoms with Crippen LogP contribution in [0.15, 0.2) is 41.4 Å². The van der Waals surface area contributed by atoms with Crippen LogP contribution in [0.2, 0.25) is 0 Å². The van der Waals surface area contributed by atoms with E-state index in [-0.39, 0.29) is 12.5 Å². The lowest BCUT2D eigenvalue weighted by atomic mass is 9.99. The molecule has 2 unspecified atom stereocenters. The molecule has 2 heterocycles. The van der Waals surface area contributed by atoms with Crippen molar-refractivity contribution < 1.29 is 10.2 Å². The number of aromatic nitrogens is 1. The third-order valence-corrected chi connectivity index (χ3v) is 3.70. The average Bonchev–Trinajstić information content (AvgIpc) is 2.89. The van der Waals surface area contributed by atoms with Crippen molar-refractivity contribution in [1.82, 2.24) is 9.88 Å². The van der Waals surface area contributed by atoms with Gasteiger partial charge in [0.15, 0.2) is 6.23 Å². The Morgan fingerprint density at radius 3 is 2.81 bits per heavy atom. The Kier molecular flexibility index (Phi) is 3.64. The number of aliphatic hydroxyl groups is 2. The van der Waals surface area contributed by atoms with Crippen molar-refractivity contribution in [2.45, 2.75) is 12.1 Å². The molecule has 6 heteroatoms. The quantitative estimate of drug-likeness (QED) is 0.681. The van der Waals surface area contributed by atoms with Gasteiger partial charge < -0.3 is 25.8 Å². The Balaban J connectivity index is 1.79. The van der Waals surface area contributed by atoms with Crippen molar-refractivity contribution in [3.8, 4) is 0 Å². The number of fused-ring (bicyclic) bond motifs is 1. The highest BCUT2D eigenvalue weighted by atomic mass is 16.3. The molecule has 1 aliphatic heterocycles. The monoisotopic (exact) mass is 286 g/mol. The zero-order valence-corrected chi connectivity index (χ0v) is 11.5. The SMILES string of the molecule is Nc1cc2c([nH]1)N=CN(CC(CO)c1ccccc1)C2O. The minimum Gasteiger partial charge on any atom is -0.396 e. The second kappa shape index (κ2) is 5.59. The third kappa shape index (κ3) is 2.63. The molecular formula is C15H18N4O2. The fourth-order valence-electron chi connectivity index (χ4n) is 2.55. The Bertz CT molecular complexity index is 638. The average molecular weight is 286 g/mol. The summed E-state index contributed by atoms with van der Waals surface area (Å²) >= 11 is 0. The molecule has 0 fully saturated rings. The van der Waals surface area contributed by atoms with Gasteiger partial charge in [-0.05, 0) is 11.6 Å². The molecule has 1 aliphatic rings. The summed E-state index contributed by atoms with van der Waals surface area (Å²) < 4.78 is 0. The van der Waals surface area contributed by atoms with Gasteiger partial charge in [0, 0.05) is 18.0 Å². The van der Waals surface area contributed by atoms with Gasteiger partial charge in [0.1, 0.15) is 11.6 Å². The summed E-state index contributed by atoms with van der Waals surface area (Å²) in [5.41, 5.74) is 7.37. The first-order chi connectivity index (χ1) is 10.2. The van der Waals surface area contributed by atoms with Gasteiger partial charge in [0.25, 0.3) is 0 Å². The first-order valence-electron chi connectivity index (χ1n) is 6.81. The second-order valence-electron chi connectivity index (χ2n) is 5.13. The predicted octanol–water partition coefficient (Wildman–Crippen LogP) is 1.34. The summed E-state index contributed by atoms with van der Waals surface area (Å²) in [6.45, 7) is 0.471. The summed E-state index contributed by atoms with van der Waals surface area (Å²) in [6, 6.07) is 11.4. The first kappa shape index (κ1) is 13.7. The summed E-state index contributed by atoms with van der Waals surface area (Å²) in [5.74, 6) is 0.960. The number of H-pyrrole nitrogens is 1. The fraction of sp³-hybridized carbons (Fsp3) is 0.267. The van der Waals surface area contributed by atoms with E-state index in [1.165, 1.54) is 0 Å². The van der Waals surface area contributed by atoms with Gasteiger partial charge in [-0.3, -0.25) is 0 Å². The molecule has 110 valence electrons. The number of nitrogen functional groups attached to an aromatic ring is 1. The Morgan fingerprint density at radius 1 is 1.33 bits per heavy atom. The van der Waals surface area contributed by atoms with E-state index in [4.69, 9.17) is 5.73 Å². The molecule has 0 saturated heterocycles. The number of nitrogens with one attached hydrogen (secondary N) is 1. The van der Waals surface area contributed by atoms with Crippen LogP contribution in [0.5, 0.6) is 0 Å². The van der Waals surface area contributed by atoms with E-state index in [1.807, 2.05) is 30.3 Å². The van der Waals surface area contributed by atoms with E-state index in [0.29, 0.717) is 23.7 Å². The highest BCUT2D eigenvalue weighted by molar-refractivity contribution is 5.68. The van der Waals surface area contributed by atoms with Gasteiger partial charge in [0.05, 0.1) is 12.9 Å². The van der Waals surface area contributed by atoms with Crippen molar-refractivity contribution in [1.29, 1.82) is 0 Å². The van der Waals surface area contributed by atoms with Gasteiger partial charge in [0.2, 0.25) is 0 Å². The molecule has 2 aromatic rings. The second-order valence-corrected chi connectivity index (χ2v) is 5.13. The number of nitrogens with zero attached hydrogens (tertiary/aromatic N) is 2. The zero-order valence-electron chi connectivity index (χ0n) is 11.5. The Hall–Kier alpha value is -2.31. The number of rotatable bonds is 4. The van der Waals surface area contributed by atoms with E-state index < -0.39 is 6.23 Å². The molecule has 6 nitrogen and oxygen atoms in total. The Labute approximate surface area is 122 Å². The standard InChI is InChI=1S/C15H18N4O2/c16-13-6-12-14(18-13)17-9-19(15(12)21)7-11(8-20)10-4-2-1-3-5-10/h1-6,9,11,15,18,20-21H,7-8,16H2. The maximum atomic E-state index is 10.4. The van der Waals surface area contributed by atoms with Crippen LogP contribution in [0.1, 0.15) is 23.3 Å². The molecule has 0 saturated carbocycles. The van der Waals surface area contributed by atoms with E-state index in [0.717, 1.165) is 5.56 Å². The molecular weight excluding hydrogens is 268 g/mol. The highest BCUT2D eigenvalue weighted by Gasteiger charge is 2.26. The van der Waals surface area contributed by atoms with Crippen molar-refractivity contribution in [2.24, 2.45) is 4.99 Å². The van der Waals surface area contributed by atoms with Gasteiger partial charge in [-0.1, -0.05) is 30.3 Å². The summed E-state index contributed by atoms with van der Waals surface area (Å²) in [7, 11) is 0. The fourth-order valence-corrected chi connectivity index (χ4v) is 2.55. The topological polar surface area (TPSA) is 97.9 Å². The maximum Gasteiger partial charge on any atom is 0.157 e. The van der Waals surface area contributed by atoms with E-state index in [2.05, 4.69) is 9.98 Å². The molecule has 0 spiro atoms. The van der Waals surface area contributed by atoms with Crippen LogP contribution < -0.4 is 5.73 Å². The van der Waals surface area contributed by atoms with Crippen molar-refractivity contribution in [2.75, 3.05) is 18.9 Å². The van der Waals surface area contributed by atoms with E-state index in [1.54, 1.807) is 17.3 Å². The number of benzene rings is 1. The number of aliphatic imine (C=N–C) groups is 1. The summed E-state index contributed by atoms with van der Waals surface area (Å²) in [5, 5.41) is 20.0. The Morgan fingerprint density at radius 2 is 2.10 bits per heavy atom. The maximum absolute atomic E-state index is 10.4. The van der Waals surface area contributed by atoms with Gasteiger partial charge in [-0.25, -0.2) is 4.99 Å². The molecule has 5 N–H and O–H groups in total. The van der Waals surface area contributed by atoms with Crippen LogP contribution in [-0.4, -0.2) is 39.6 Å². The number of hydrogen-bond acceptors (Lipinski definition) is 5. The number of aromatic amines is 1. The highest BCUT2D eigenvalue weighted by Crippen LogP contribution is 2.33. The van der Waals surface area contributed by atoms with Crippen LogP contribution in [0.3, 0.4) is 0 Å². The van der Waals surface area contributed by atoms with Gasteiger partial charge >= 0.3 is 0 Å². The molecule has 1 aromatic heterocycles. The summed E-state index contributed by atoms with van der Waals surface area (Å²) in [6.07, 6.45) is 0.762. The van der Waals surface area contributed by atoms with E-state index in [9.17, 15) is 10.2 Å². The number of hydrogen-bond donors (Lipinski definition) is 4.